The van der Waals surface area contributed by atoms with Crippen molar-refractivity contribution in [3.8, 4) is 33.4 Å². The summed E-state index contributed by atoms with van der Waals surface area (Å²) in [5.41, 5.74) is 22.1. The molecule has 0 saturated heterocycles. The van der Waals surface area contributed by atoms with Gasteiger partial charge in [-0.3, -0.25) is 0 Å². The van der Waals surface area contributed by atoms with Gasteiger partial charge in [0, 0.05) is 16.8 Å². The molecular weight excluding hydrogens is 747 g/mol. The van der Waals surface area contributed by atoms with Gasteiger partial charge in [0.15, 0.2) is 0 Å². The molecule has 304 valence electrons. The third kappa shape index (κ3) is 6.04. The summed E-state index contributed by atoms with van der Waals surface area (Å²) >= 11 is 0. The van der Waals surface area contributed by atoms with Gasteiger partial charge in [-0.25, -0.2) is 0 Å². The van der Waals surface area contributed by atoms with E-state index in [-0.39, 0.29) is 10.8 Å². The van der Waals surface area contributed by atoms with Crippen LogP contribution in [0.15, 0.2) is 188 Å². The Morgan fingerprint density at radius 1 is 0.403 bits per heavy atom. The van der Waals surface area contributed by atoms with E-state index in [1.807, 2.05) is 0 Å². The van der Waals surface area contributed by atoms with Gasteiger partial charge in [0.25, 0.3) is 0 Å². The van der Waals surface area contributed by atoms with E-state index < -0.39 is 5.41 Å². The van der Waals surface area contributed by atoms with E-state index in [2.05, 4.69) is 221 Å². The predicted octanol–water partition coefficient (Wildman–Crippen LogP) is 16.1. The second kappa shape index (κ2) is 14.9. The Balaban J connectivity index is 1.31. The molecule has 0 heterocycles. The number of hydrogen-bond donors (Lipinski definition) is 0. The van der Waals surface area contributed by atoms with E-state index in [0.29, 0.717) is 0 Å². The SMILES string of the molecule is CC1(C)CCC(C)(C)c2cc(-c3cc4c(cc3N(c3ccccc3)c3c(-c5ccccc5)ccc5c3CCCC5)C(c3ccccc3)(c3ccccc3)c3ccccc3-4)ccc21. The van der Waals surface area contributed by atoms with Crippen LogP contribution >= 0.6 is 0 Å². The van der Waals surface area contributed by atoms with Crippen LogP contribution in [0.4, 0.5) is 17.1 Å². The number of aryl methyl sites for hydroxylation is 1. The molecule has 1 nitrogen and oxygen atoms in total. The van der Waals surface area contributed by atoms with Crippen molar-refractivity contribution in [2.45, 2.75) is 82.5 Å². The van der Waals surface area contributed by atoms with Gasteiger partial charge in [0.1, 0.15) is 0 Å². The van der Waals surface area contributed by atoms with Gasteiger partial charge in [-0.15, -0.1) is 0 Å². The average molecular weight is 802 g/mol. The van der Waals surface area contributed by atoms with E-state index in [1.165, 1.54) is 121 Å². The van der Waals surface area contributed by atoms with E-state index in [1.54, 1.807) is 0 Å². The number of para-hydroxylation sites is 1. The van der Waals surface area contributed by atoms with Crippen molar-refractivity contribution in [2.75, 3.05) is 4.90 Å². The predicted molar refractivity (Wildman–Crippen MR) is 261 cm³/mol. The van der Waals surface area contributed by atoms with Gasteiger partial charge < -0.3 is 4.90 Å². The molecule has 8 aromatic carbocycles. The zero-order valence-electron chi connectivity index (χ0n) is 36.6. The van der Waals surface area contributed by atoms with Gasteiger partial charge in [-0.05, 0) is 140 Å². The summed E-state index contributed by atoms with van der Waals surface area (Å²) in [6.45, 7) is 9.78. The Morgan fingerprint density at radius 2 is 1.00 bits per heavy atom. The molecule has 0 spiro atoms. The van der Waals surface area contributed by atoms with Crippen LogP contribution in [0, 0.1) is 0 Å². The summed E-state index contributed by atoms with van der Waals surface area (Å²) in [4.78, 5) is 2.67. The summed E-state index contributed by atoms with van der Waals surface area (Å²) in [6.07, 6.45) is 6.94. The summed E-state index contributed by atoms with van der Waals surface area (Å²) < 4.78 is 0. The highest BCUT2D eigenvalue weighted by Gasteiger charge is 2.47. The minimum atomic E-state index is -0.537. The molecule has 11 rings (SSSR count). The largest absolute Gasteiger partial charge is 0.309 e. The molecule has 0 unspecified atom stereocenters. The summed E-state index contributed by atoms with van der Waals surface area (Å²) in [5, 5.41) is 0. The first kappa shape index (κ1) is 38.5. The minimum Gasteiger partial charge on any atom is -0.309 e. The Labute approximate surface area is 368 Å². The summed E-state index contributed by atoms with van der Waals surface area (Å²) in [6, 6.07) is 71.6. The van der Waals surface area contributed by atoms with Crippen LogP contribution in [0.25, 0.3) is 33.4 Å². The lowest BCUT2D eigenvalue weighted by Gasteiger charge is -2.42. The molecule has 0 aliphatic heterocycles. The first-order valence-electron chi connectivity index (χ1n) is 22.9. The maximum absolute atomic E-state index is 2.67. The molecule has 0 amide bonds. The number of hydrogen-bond acceptors (Lipinski definition) is 1. The zero-order chi connectivity index (χ0) is 42.1. The maximum Gasteiger partial charge on any atom is 0.0714 e. The normalized spacial score (nSPS) is 16.4. The quantitative estimate of drug-likeness (QED) is 0.155. The Hall–Kier alpha value is -6.44. The fourth-order valence-corrected chi connectivity index (χ4v) is 11.5. The van der Waals surface area contributed by atoms with E-state index in [4.69, 9.17) is 0 Å². The van der Waals surface area contributed by atoms with Gasteiger partial charge in [-0.2, -0.15) is 0 Å². The van der Waals surface area contributed by atoms with Crippen molar-refractivity contribution < 1.29 is 0 Å². The van der Waals surface area contributed by atoms with Crippen molar-refractivity contribution in [1.29, 1.82) is 0 Å². The smallest absolute Gasteiger partial charge is 0.0714 e. The number of rotatable bonds is 7. The Kier molecular flexibility index (Phi) is 9.24. The fraction of sp³-hybridized carbons (Fsp3) is 0.213. The van der Waals surface area contributed by atoms with E-state index in [9.17, 15) is 0 Å². The molecule has 62 heavy (non-hydrogen) atoms. The van der Waals surface area contributed by atoms with Gasteiger partial charge in [0.05, 0.1) is 16.8 Å². The van der Waals surface area contributed by atoms with Gasteiger partial charge >= 0.3 is 0 Å². The van der Waals surface area contributed by atoms with Crippen LogP contribution in [0.5, 0.6) is 0 Å². The fourth-order valence-electron chi connectivity index (χ4n) is 11.5. The minimum absolute atomic E-state index is 0.0677. The van der Waals surface area contributed by atoms with Crippen molar-refractivity contribution in [3.05, 3.63) is 233 Å². The molecule has 3 aliphatic rings. The van der Waals surface area contributed by atoms with Gasteiger partial charge in [0.2, 0.25) is 0 Å². The highest BCUT2D eigenvalue weighted by atomic mass is 15.2. The molecule has 1 heteroatoms. The second-order valence-electron chi connectivity index (χ2n) is 19.3. The molecule has 0 radical (unpaired) electrons. The third-order valence-corrected chi connectivity index (χ3v) is 14.8. The number of anilines is 3. The highest BCUT2D eigenvalue weighted by Crippen LogP contribution is 2.60. The van der Waals surface area contributed by atoms with Crippen LogP contribution < -0.4 is 4.90 Å². The van der Waals surface area contributed by atoms with Crippen LogP contribution in [-0.4, -0.2) is 0 Å². The number of benzene rings is 8. The monoisotopic (exact) mass is 801 g/mol. The molecule has 0 fully saturated rings. The Bertz CT molecular complexity index is 2900. The highest BCUT2D eigenvalue weighted by molar-refractivity contribution is 6.00. The van der Waals surface area contributed by atoms with Crippen molar-refractivity contribution in [3.63, 3.8) is 0 Å². The number of nitrogens with zero attached hydrogens (tertiary/aromatic N) is 1. The van der Waals surface area contributed by atoms with Crippen LogP contribution in [0.1, 0.15) is 97.9 Å². The summed E-state index contributed by atoms with van der Waals surface area (Å²) in [7, 11) is 0. The molecule has 0 aromatic heterocycles. The first-order valence-corrected chi connectivity index (χ1v) is 22.9. The molecule has 3 aliphatic carbocycles. The lowest BCUT2D eigenvalue weighted by Crippen LogP contribution is -2.33. The standard InChI is InChI=1S/C61H55N/c1-59(2)37-38-60(3,4)56-39-44(34-36-54(56)59)51-40-52-50-31-19-20-32-53(50)61(45-24-11-6-12-25-45,46-26-13-7-14-27-46)55(52)41-57(51)62(47-28-15-8-16-29-47)58-48-30-18-17-23-43(48)33-35-49(58)42-21-9-5-10-22-42/h5-16,19-22,24-29,31-36,39-41H,17-18,23,30,37-38H2,1-4H3. The molecular formula is C61H55N. The van der Waals surface area contributed by atoms with Crippen LogP contribution in [0.3, 0.4) is 0 Å². The lowest BCUT2D eigenvalue weighted by molar-refractivity contribution is 0.332. The molecule has 0 bridgehead atoms. The van der Waals surface area contributed by atoms with E-state index in [0.717, 1.165) is 12.8 Å². The van der Waals surface area contributed by atoms with Crippen molar-refractivity contribution in [1.82, 2.24) is 0 Å². The maximum atomic E-state index is 2.67. The topological polar surface area (TPSA) is 3.24 Å². The molecule has 8 aromatic rings. The molecule has 0 saturated carbocycles. The zero-order valence-corrected chi connectivity index (χ0v) is 36.6. The molecule has 0 atom stereocenters. The van der Waals surface area contributed by atoms with Gasteiger partial charge in [-0.1, -0.05) is 191 Å². The lowest BCUT2D eigenvalue weighted by atomic mass is 9.63. The van der Waals surface area contributed by atoms with Crippen LogP contribution in [-0.2, 0) is 29.1 Å². The summed E-state index contributed by atoms with van der Waals surface area (Å²) in [5.74, 6) is 0. The Morgan fingerprint density at radius 3 is 1.69 bits per heavy atom. The number of fused-ring (bicyclic) bond motifs is 5. The van der Waals surface area contributed by atoms with E-state index >= 15 is 0 Å². The molecule has 0 N–H and O–H groups in total. The third-order valence-electron chi connectivity index (χ3n) is 14.8. The first-order chi connectivity index (χ1) is 30.3. The van der Waals surface area contributed by atoms with Crippen molar-refractivity contribution >= 4 is 17.1 Å². The van der Waals surface area contributed by atoms with Crippen molar-refractivity contribution in [2.24, 2.45) is 0 Å². The second-order valence-corrected chi connectivity index (χ2v) is 19.3. The average Bonchev–Trinajstić information content (AvgIpc) is 3.61. The van der Waals surface area contributed by atoms with Crippen LogP contribution in [0.2, 0.25) is 0 Å².